The van der Waals surface area contributed by atoms with E-state index in [-0.39, 0.29) is 22.2 Å². The molecule has 3 aromatic rings. The number of benzene rings is 3. The Hall–Kier alpha value is -2.82. The van der Waals surface area contributed by atoms with E-state index in [4.69, 9.17) is 27.9 Å². The van der Waals surface area contributed by atoms with Gasteiger partial charge in [0, 0.05) is 49.9 Å². The number of para-hydroxylation sites is 2. The fourth-order valence-corrected chi connectivity index (χ4v) is 5.51. The summed E-state index contributed by atoms with van der Waals surface area (Å²) < 4.78 is 34.7. The number of ether oxygens (including phenoxy) is 1. The molecule has 0 radical (unpaired) electrons. The van der Waals surface area contributed by atoms with Crippen molar-refractivity contribution in [2.45, 2.75) is 4.90 Å². The Morgan fingerprint density at radius 2 is 1.63 bits per heavy atom. The van der Waals surface area contributed by atoms with Crippen molar-refractivity contribution in [1.29, 1.82) is 0 Å². The van der Waals surface area contributed by atoms with Crippen molar-refractivity contribution >= 4 is 44.8 Å². The van der Waals surface area contributed by atoms with Gasteiger partial charge >= 0.3 is 0 Å². The Kier molecular flexibility index (Phi) is 9.17. The molecule has 1 aliphatic heterocycles. The van der Waals surface area contributed by atoms with Crippen LogP contribution >= 0.6 is 23.2 Å². The largest absolute Gasteiger partial charge is 0.454 e. The van der Waals surface area contributed by atoms with E-state index in [0.717, 1.165) is 26.2 Å². The van der Waals surface area contributed by atoms with Gasteiger partial charge in [-0.25, -0.2) is 8.42 Å². The summed E-state index contributed by atoms with van der Waals surface area (Å²) in [6.45, 7) is 4.86. The summed E-state index contributed by atoms with van der Waals surface area (Å²) in [5.74, 6) is 0.508. The van der Waals surface area contributed by atoms with Crippen LogP contribution in [-0.4, -0.2) is 82.4 Å². The molecule has 0 atom stereocenters. The third kappa shape index (κ3) is 7.18. The summed E-state index contributed by atoms with van der Waals surface area (Å²) in [5, 5.41) is 0.755. The fourth-order valence-electron chi connectivity index (χ4n) is 4.00. The minimum Gasteiger partial charge on any atom is -0.454 e. The highest BCUT2D eigenvalue weighted by Gasteiger charge is 2.23. The predicted octanol–water partition coefficient (Wildman–Crippen LogP) is 4.91. The number of halogens is 2. The number of nitrogens with zero attached hydrogens (tertiary/aromatic N) is 3. The second-order valence-corrected chi connectivity index (χ2v) is 11.8. The number of rotatable bonds is 9. The Morgan fingerprint density at radius 3 is 2.29 bits per heavy atom. The Labute approximate surface area is 233 Å². The lowest BCUT2D eigenvalue weighted by atomic mass is 10.2. The van der Waals surface area contributed by atoms with Crippen molar-refractivity contribution in [3.8, 4) is 11.5 Å². The quantitative estimate of drug-likeness (QED) is 0.390. The maximum atomic E-state index is 13.1. The molecule has 0 saturated carbocycles. The average molecular weight is 578 g/mol. The molecule has 1 heterocycles. The Bertz CT molecular complexity index is 1380. The number of carbonyl (C=O) groups is 1. The van der Waals surface area contributed by atoms with E-state index in [1.165, 1.54) is 12.1 Å². The molecule has 0 aromatic heterocycles. The molecule has 0 aliphatic carbocycles. The maximum absolute atomic E-state index is 13.1. The number of amides is 1. The highest BCUT2D eigenvalue weighted by atomic mass is 35.5. The standard InChI is InChI=1S/C27H30Cl2N4O4S/c1-31(2)13-14-32-15-17-33(18-16-32)27(34)20-7-10-22(11-8-20)38(35,36)30-24-5-3-4-6-26(24)37-25-12-9-21(28)19-23(25)29/h3-12,19,30H,13-18H2,1-2H3. The number of carbonyl (C=O) groups excluding carboxylic acids is 1. The van der Waals surface area contributed by atoms with Gasteiger partial charge in [0.2, 0.25) is 0 Å². The molecule has 1 aliphatic rings. The van der Waals surface area contributed by atoms with Crippen LogP contribution in [0.3, 0.4) is 0 Å². The summed E-state index contributed by atoms with van der Waals surface area (Å²) in [7, 11) is 0.137. The molecule has 1 fully saturated rings. The fraction of sp³-hybridized carbons (Fsp3) is 0.296. The van der Waals surface area contributed by atoms with E-state index in [1.807, 2.05) is 19.0 Å². The third-order valence-electron chi connectivity index (χ3n) is 6.18. The van der Waals surface area contributed by atoms with Crippen LogP contribution in [0.25, 0.3) is 0 Å². The van der Waals surface area contributed by atoms with Gasteiger partial charge in [-0.1, -0.05) is 35.3 Å². The zero-order chi connectivity index (χ0) is 27.3. The number of anilines is 1. The van der Waals surface area contributed by atoms with E-state index < -0.39 is 10.0 Å². The van der Waals surface area contributed by atoms with Crippen LogP contribution in [0.1, 0.15) is 10.4 Å². The molecule has 0 unspecified atom stereocenters. The average Bonchev–Trinajstić information content (AvgIpc) is 2.90. The molecule has 11 heteroatoms. The predicted molar refractivity (Wildman–Crippen MR) is 151 cm³/mol. The van der Waals surface area contributed by atoms with E-state index in [1.54, 1.807) is 54.6 Å². The van der Waals surface area contributed by atoms with Gasteiger partial charge in [0.05, 0.1) is 15.6 Å². The molecule has 1 amide bonds. The summed E-state index contributed by atoms with van der Waals surface area (Å²) in [6.07, 6.45) is 0. The van der Waals surface area contributed by atoms with Crippen LogP contribution in [0.15, 0.2) is 71.6 Å². The Balaban J connectivity index is 1.42. The van der Waals surface area contributed by atoms with Gasteiger partial charge in [0.25, 0.3) is 15.9 Å². The van der Waals surface area contributed by atoms with Crippen LogP contribution < -0.4 is 9.46 Å². The zero-order valence-corrected chi connectivity index (χ0v) is 23.6. The molecule has 3 aromatic carbocycles. The molecule has 1 N–H and O–H groups in total. The first-order chi connectivity index (χ1) is 18.1. The van der Waals surface area contributed by atoms with Crippen molar-refractivity contribution in [3.63, 3.8) is 0 Å². The van der Waals surface area contributed by atoms with Gasteiger partial charge in [0.15, 0.2) is 5.75 Å². The highest BCUT2D eigenvalue weighted by molar-refractivity contribution is 7.92. The normalized spacial score (nSPS) is 14.5. The van der Waals surface area contributed by atoms with E-state index in [9.17, 15) is 13.2 Å². The van der Waals surface area contributed by atoms with Gasteiger partial charge in [-0.3, -0.25) is 14.4 Å². The molecular weight excluding hydrogens is 547 g/mol. The molecule has 8 nitrogen and oxygen atoms in total. The van der Waals surface area contributed by atoms with Gasteiger partial charge in [-0.05, 0) is 68.7 Å². The van der Waals surface area contributed by atoms with Gasteiger partial charge in [0.1, 0.15) is 5.75 Å². The highest BCUT2D eigenvalue weighted by Crippen LogP contribution is 2.35. The number of sulfonamides is 1. The van der Waals surface area contributed by atoms with Crippen LogP contribution in [0.4, 0.5) is 5.69 Å². The van der Waals surface area contributed by atoms with E-state index >= 15 is 0 Å². The first-order valence-electron chi connectivity index (χ1n) is 12.1. The van der Waals surface area contributed by atoms with Crippen LogP contribution in [0, 0.1) is 0 Å². The molecule has 202 valence electrons. The number of piperazine rings is 1. The van der Waals surface area contributed by atoms with Crippen molar-refractivity contribution < 1.29 is 17.9 Å². The lowest BCUT2D eigenvalue weighted by Crippen LogP contribution is -2.49. The minimum absolute atomic E-state index is 0.0295. The topological polar surface area (TPSA) is 82.2 Å². The summed E-state index contributed by atoms with van der Waals surface area (Å²) in [5.41, 5.74) is 0.692. The molecule has 4 rings (SSSR count). The van der Waals surface area contributed by atoms with Crippen molar-refractivity contribution in [1.82, 2.24) is 14.7 Å². The number of hydrogen-bond donors (Lipinski definition) is 1. The molecule has 1 saturated heterocycles. The lowest BCUT2D eigenvalue weighted by Gasteiger charge is -2.35. The number of likely N-dealkylation sites (N-methyl/N-ethyl adjacent to an activating group) is 1. The Morgan fingerprint density at radius 1 is 0.947 bits per heavy atom. The summed E-state index contributed by atoms with van der Waals surface area (Å²) in [4.78, 5) is 19.3. The summed E-state index contributed by atoms with van der Waals surface area (Å²) in [6, 6.07) is 17.4. The molecule has 0 spiro atoms. The van der Waals surface area contributed by atoms with Gasteiger partial charge < -0.3 is 14.5 Å². The van der Waals surface area contributed by atoms with E-state index in [2.05, 4.69) is 14.5 Å². The zero-order valence-electron chi connectivity index (χ0n) is 21.2. The first-order valence-corrected chi connectivity index (χ1v) is 14.4. The van der Waals surface area contributed by atoms with Crippen molar-refractivity contribution in [2.24, 2.45) is 0 Å². The molecular formula is C27H30Cl2N4O4S. The molecule has 38 heavy (non-hydrogen) atoms. The lowest BCUT2D eigenvalue weighted by molar-refractivity contribution is 0.0629. The van der Waals surface area contributed by atoms with Crippen LogP contribution in [0.2, 0.25) is 10.0 Å². The van der Waals surface area contributed by atoms with Crippen molar-refractivity contribution in [3.05, 3.63) is 82.3 Å². The van der Waals surface area contributed by atoms with E-state index in [0.29, 0.717) is 34.4 Å². The smallest absolute Gasteiger partial charge is 0.262 e. The number of nitrogens with one attached hydrogen (secondary N) is 1. The van der Waals surface area contributed by atoms with Crippen LogP contribution in [0.5, 0.6) is 11.5 Å². The van der Waals surface area contributed by atoms with Gasteiger partial charge in [-0.2, -0.15) is 0 Å². The summed E-state index contributed by atoms with van der Waals surface area (Å²) >= 11 is 12.2. The second-order valence-electron chi connectivity index (χ2n) is 9.24. The first kappa shape index (κ1) is 28.2. The van der Waals surface area contributed by atoms with Crippen LogP contribution in [-0.2, 0) is 10.0 Å². The minimum atomic E-state index is -3.95. The molecule has 0 bridgehead atoms. The second kappa shape index (κ2) is 12.4. The maximum Gasteiger partial charge on any atom is 0.262 e. The third-order valence-corrected chi connectivity index (χ3v) is 8.09. The number of hydrogen-bond acceptors (Lipinski definition) is 6. The van der Waals surface area contributed by atoms with Gasteiger partial charge in [-0.15, -0.1) is 0 Å². The monoisotopic (exact) mass is 576 g/mol. The van der Waals surface area contributed by atoms with Crippen molar-refractivity contribution in [2.75, 3.05) is 58.1 Å². The SMILES string of the molecule is CN(C)CCN1CCN(C(=O)c2ccc(S(=O)(=O)Nc3ccccc3Oc3ccc(Cl)cc3Cl)cc2)CC1.